The lowest BCUT2D eigenvalue weighted by atomic mass is 10.2. The van der Waals surface area contributed by atoms with Gasteiger partial charge in [-0.2, -0.15) is 5.26 Å². The van der Waals surface area contributed by atoms with Crippen LogP contribution in [-0.2, 0) is 0 Å². The molecule has 1 aromatic carbocycles. The van der Waals surface area contributed by atoms with Gasteiger partial charge in [0.25, 0.3) is 0 Å². The minimum atomic E-state index is 0.0589. The van der Waals surface area contributed by atoms with Crippen LogP contribution in [0.4, 0.5) is 5.69 Å². The molecule has 1 aromatic rings. The van der Waals surface area contributed by atoms with Gasteiger partial charge in [0.1, 0.15) is 0 Å². The Morgan fingerprint density at radius 2 is 2.00 bits per heavy atom. The Morgan fingerprint density at radius 3 is 2.50 bits per heavy atom. The fourth-order valence-electron chi connectivity index (χ4n) is 1.25. The number of hydrogen-bond acceptors (Lipinski definition) is 2. The third-order valence-corrected chi connectivity index (χ3v) is 2.56. The molecule has 0 amide bonds. The van der Waals surface area contributed by atoms with Gasteiger partial charge in [0.2, 0.25) is 0 Å². The molecule has 0 saturated carbocycles. The number of rotatable bonds is 3. The van der Waals surface area contributed by atoms with Gasteiger partial charge in [-0.25, -0.2) is 0 Å². The minimum Gasteiger partial charge on any atom is -0.373 e. The van der Waals surface area contributed by atoms with E-state index in [1.807, 2.05) is 38.2 Å². The number of halogens is 1. The molecule has 14 heavy (non-hydrogen) atoms. The Hall–Kier alpha value is -1.01. The zero-order chi connectivity index (χ0) is 10.6. The maximum absolute atomic E-state index is 8.69. The van der Waals surface area contributed by atoms with E-state index < -0.39 is 0 Å². The van der Waals surface area contributed by atoms with Crippen molar-refractivity contribution >= 4 is 21.6 Å². The van der Waals surface area contributed by atoms with Gasteiger partial charge in [0.15, 0.2) is 0 Å². The molecule has 1 unspecified atom stereocenters. The van der Waals surface area contributed by atoms with Crippen molar-refractivity contribution in [2.24, 2.45) is 5.92 Å². The van der Waals surface area contributed by atoms with Crippen LogP contribution < -0.4 is 4.90 Å². The molecule has 0 heterocycles. The SMILES string of the molecule is CC(C#N)CN(C)c1ccc(Br)cc1. The molecule has 0 spiro atoms. The van der Waals surface area contributed by atoms with Crippen molar-refractivity contribution in [1.29, 1.82) is 5.26 Å². The van der Waals surface area contributed by atoms with Crippen molar-refractivity contribution in [3.05, 3.63) is 28.7 Å². The fourth-order valence-corrected chi connectivity index (χ4v) is 1.52. The third kappa shape index (κ3) is 3.04. The molecular weight excluding hydrogens is 240 g/mol. The van der Waals surface area contributed by atoms with Gasteiger partial charge in [-0.15, -0.1) is 0 Å². The molecule has 0 fully saturated rings. The van der Waals surface area contributed by atoms with E-state index in [2.05, 4.69) is 26.9 Å². The van der Waals surface area contributed by atoms with Crippen molar-refractivity contribution in [2.75, 3.05) is 18.5 Å². The maximum Gasteiger partial charge on any atom is 0.0671 e. The van der Waals surface area contributed by atoms with Gasteiger partial charge in [0.05, 0.1) is 12.0 Å². The molecular formula is C11H13BrN2. The molecule has 0 aliphatic heterocycles. The van der Waals surface area contributed by atoms with E-state index >= 15 is 0 Å². The van der Waals surface area contributed by atoms with E-state index in [4.69, 9.17) is 5.26 Å². The van der Waals surface area contributed by atoms with Gasteiger partial charge in [-0.3, -0.25) is 0 Å². The van der Waals surface area contributed by atoms with Gasteiger partial charge >= 0.3 is 0 Å². The Balaban J connectivity index is 2.66. The van der Waals surface area contributed by atoms with Crippen molar-refractivity contribution in [2.45, 2.75) is 6.92 Å². The minimum absolute atomic E-state index is 0.0589. The Morgan fingerprint density at radius 1 is 1.43 bits per heavy atom. The summed E-state index contributed by atoms with van der Waals surface area (Å²) in [6.07, 6.45) is 0. The van der Waals surface area contributed by atoms with Gasteiger partial charge in [-0.1, -0.05) is 15.9 Å². The van der Waals surface area contributed by atoms with Crippen LogP contribution in [0, 0.1) is 17.2 Å². The fraction of sp³-hybridized carbons (Fsp3) is 0.364. The maximum atomic E-state index is 8.69. The quantitative estimate of drug-likeness (QED) is 0.827. The van der Waals surface area contributed by atoms with Crippen LogP contribution >= 0.6 is 15.9 Å². The molecule has 2 nitrogen and oxygen atoms in total. The number of anilines is 1. The summed E-state index contributed by atoms with van der Waals surface area (Å²) < 4.78 is 1.07. The number of benzene rings is 1. The molecule has 74 valence electrons. The molecule has 1 rings (SSSR count). The van der Waals surface area contributed by atoms with Crippen molar-refractivity contribution in [1.82, 2.24) is 0 Å². The highest BCUT2D eigenvalue weighted by molar-refractivity contribution is 9.10. The van der Waals surface area contributed by atoms with E-state index in [1.165, 1.54) is 0 Å². The zero-order valence-electron chi connectivity index (χ0n) is 8.37. The molecule has 0 saturated heterocycles. The second-order valence-electron chi connectivity index (χ2n) is 3.39. The monoisotopic (exact) mass is 252 g/mol. The van der Waals surface area contributed by atoms with E-state index in [0.29, 0.717) is 0 Å². The molecule has 0 aromatic heterocycles. The first kappa shape index (κ1) is 11.1. The summed E-state index contributed by atoms with van der Waals surface area (Å²) >= 11 is 3.39. The summed E-state index contributed by atoms with van der Waals surface area (Å²) in [4.78, 5) is 2.08. The Kier molecular flexibility index (Phi) is 3.97. The van der Waals surface area contributed by atoms with Crippen LogP contribution in [0.25, 0.3) is 0 Å². The number of hydrogen-bond donors (Lipinski definition) is 0. The van der Waals surface area contributed by atoms with Gasteiger partial charge in [0, 0.05) is 23.8 Å². The average Bonchev–Trinajstić information content (AvgIpc) is 2.18. The van der Waals surface area contributed by atoms with E-state index in [9.17, 15) is 0 Å². The second kappa shape index (κ2) is 5.02. The summed E-state index contributed by atoms with van der Waals surface area (Å²) in [5, 5.41) is 8.69. The Bertz CT molecular complexity index is 326. The predicted molar refractivity (Wildman–Crippen MR) is 62.2 cm³/mol. The molecule has 1 atom stereocenters. The topological polar surface area (TPSA) is 27.0 Å². The lowest BCUT2D eigenvalue weighted by Gasteiger charge is -2.20. The van der Waals surface area contributed by atoms with Gasteiger partial charge < -0.3 is 4.90 Å². The molecule has 3 heteroatoms. The molecule has 0 N–H and O–H groups in total. The lowest BCUT2D eigenvalue weighted by Crippen LogP contribution is -2.22. The summed E-state index contributed by atoms with van der Waals surface area (Å²) in [5.74, 6) is 0.0589. The molecule has 0 aliphatic carbocycles. The van der Waals surface area contributed by atoms with Crippen molar-refractivity contribution in [3.63, 3.8) is 0 Å². The second-order valence-corrected chi connectivity index (χ2v) is 4.30. The first-order chi connectivity index (χ1) is 6.63. The zero-order valence-corrected chi connectivity index (χ0v) is 9.95. The highest BCUT2D eigenvalue weighted by Crippen LogP contribution is 2.17. The number of nitriles is 1. The van der Waals surface area contributed by atoms with Crippen LogP contribution in [0.5, 0.6) is 0 Å². The standard InChI is InChI=1S/C11H13BrN2/c1-9(7-13)8-14(2)11-5-3-10(12)4-6-11/h3-6,9H,8H2,1-2H3. The normalized spacial score (nSPS) is 11.9. The average molecular weight is 253 g/mol. The van der Waals surface area contributed by atoms with Gasteiger partial charge in [-0.05, 0) is 31.2 Å². The van der Waals surface area contributed by atoms with Crippen molar-refractivity contribution in [3.8, 4) is 6.07 Å². The van der Waals surface area contributed by atoms with E-state index in [0.717, 1.165) is 16.7 Å². The summed E-state index contributed by atoms with van der Waals surface area (Å²) in [5.41, 5.74) is 1.13. The van der Waals surface area contributed by atoms with E-state index in [1.54, 1.807) is 0 Å². The van der Waals surface area contributed by atoms with Crippen molar-refractivity contribution < 1.29 is 0 Å². The third-order valence-electron chi connectivity index (χ3n) is 2.04. The smallest absolute Gasteiger partial charge is 0.0671 e. The van der Waals surface area contributed by atoms with Crippen LogP contribution in [0.3, 0.4) is 0 Å². The first-order valence-electron chi connectivity index (χ1n) is 4.50. The highest BCUT2D eigenvalue weighted by atomic mass is 79.9. The van der Waals surface area contributed by atoms with Crippen LogP contribution in [0.1, 0.15) is 6.92 Å². The summed E-state index contributed by atoms with van der Waals surface area (Å²) in [6.45, 7) is 2.69. The summed E-state index contributed by atoms with van der Waals surface area (Å²) in [7, 11) is 2.00. The number of nitrogens with zero attached hydrogens (tertiary/aromatic N) is 2. The van der Waals surface area contributed by atoms with Crippen LogP contribution in [0.15, 0.2) is 28.7 Å². The molecule has 0 radical (unpaired) electrons. The van der Waals surface area contributed by atoms with Crippen LogP contribution in [0.2, 0.25) is 0 Å². The predicted octanol–water partition coefficient (Wildman–Crippen LogP) is 3.04. The highest BCUT2D eigenvalue weighted by Gasteiger charge is 2.05. The van der Waals surface area contributed by atoms with E-state index in [-0.39, 0.29) is 5.92 Å². The first-order valence-corrected chi connectivity index (χ1v) is 5.29. The largest absolute Gasteiger partial charge is 0.373 e. The molecule has 0 bridgehead atoms. The lowest BCUT2D eigenvalue weighted by molar-refractivity contribution is 0.716. The Labute approximate surface area is 93.3 Å². The molecule has 0 aliphatic rings. The summed E-state index contributed by atoms with van der Waals surface area (Å²) in [6, 6.07) is 10.3. The van der Waals surface area contributed by atoms with Crippen LogP contribution in [-0.4, -0.2) is 13.6 Å².